The largest absolute Gasteiger partial charge is 0.502 e. The van der Waals surface area contributed by atoms with Gasteiger partial charge in [0, 0.05) is 145 Å². The van der Waals surface area contributed by atoms with Crippen LogP contribution in [0, 0.1) is 48.8 Å². The number of alkyl halides is 5. The molecule has 0 atom stereocenters. The highest BCUT2D eigenvalue weighted by molar-refractivity contribution is 14.1. The van der Waals surface area contributed by atoms with Gasteiger partial charge in [0.05, 0.1) is 129 Å². The molecule has 135 heavy (non-hydrogen) atoms. The van der Waals surface area contributed by atoms with Crippen molar-refractivity contribution in [3.63, 3.8) is 0 Å². The van der Waals surface area contributed by atoms with E-state index in [2.05, 4.69) is 154 Å². The summed E-state index contributed by atoms with van der Waals surface area (Å²) >= 11 is 50.8. The molecule has 33 heteroatoms. The van der Waals surface area contributed by atoms with Crippen LogP contribution in [0.25, 0.3) is 80.9 Å². The first-order valence-electron chi connectivity index (χ1n) is 44.5. The van der Waals surface area contributed by atoms with Crippen LogP contribution in [-0.2, 0) is 54.6 Å². The van der Waals surface area contributed by atoms with Gasteiger partial charge in [0.2, 0.25) is 17.1 Å². The fourth-order valence-electron chi connectivity index (χ4n) is 16.5. The van der Waals surface area contributed by atoms with E-state index in [0.717, 1.165) is 163 Å². The number of hydrogen-bond acceptors (Lipinski definition) is 16. The Hall–Kier alpha value is -9.18. The van der Waals surface area contributed by atoms with Crippen LogP contribution in [0.4, 0.5) is 17.1 Å². The highest BCUT2D eigenvalue weighted by atomic mass is 127. The van der Waals surface area contributed by atoms with Crippen LogP contribution in [0.15, 0.2) is 170 Å². The van der Waals surface area contributed by atoms with Crippen LogP contribution in [0.2, 0.25) is 20.1 Å². The van der Waals surface area contributed by atoms with Gasteiger partial charge in [0.25, 0.3) is 0 Å². The molecule has 3 N–H and O–H groups in total. The van der Waals surface area contributed by atoms with E-state index in [4.69, 9.17) is 147 Å². The number of nitriles is 1. The van der Waals surface area contributed by atoms with E-state index in [1.807, 2.05) is 109 Å². The Balaban J connectivity index is 0.000000156. The Morgan fingerprint density at radius 2 is 0.770 bits per heavy atom. The number of sulfone groups is 1. The summed E-state index contributed by atoms with van der Waals surface area (Å²) in [4.78, 5) is 41.0. The lowest BCUT2D eigenvalue weighted by molar-refractivity contribution is -0.158. The zero-order valence-corrected chi connectivity index (χ0v) is 85.5. The minimum absolute atomic E-state index is 0.0750. The number of carbonyl (C=O) groups excluding carboxylic acids is 2. The van der Waals surface area contributed by atoms with Crippen molar-refractivity contribution in [1.29, 1.82) is 5.26 Å². The Kier molecular flexibility index (Phi) is 37.9. The van der Waals surface area contributed by atoms with Crippen LogP contribution in [0.3, 0.4) is 0 Å². The Bertz CT molecular complexity index is 6460. The molecule has 8 aromatic carbocycles. The summed E-state index contributed by atoms with van der Waals surface area (Å²) in [7, 11) is -2.90. The third-order valence-electron chi connectivity index (χ3n) is 22.7. The van der Waals surface area contributed by atoms with Crippen molar-refractivity contribution >= 4 is 198 Å². The molecule has 0 bridgehead atoms. The molecule has 4 fully saturated rings. The van der Waals surface area contributed by atoms with E-state index < -0.39 is 15.4 Å². The predicted molar refractivity (Wildman–Crippen MR) is 556 cm³/mol. The minimum atomic E-state index is -2.90. The lowest BCUT2D eigenvalue weighted by Crippen LogP contribution is -2.55. The molecule has 16 rings (SSSR count). The molecular weight excluding hydrogens is 2010 g/mol. The molecule has 23 nitrogen and oxygen atoms in total. The molecule has 12 aromatic rings. The maximum absolute atomic E-state index is 12.0. The van der Waals surface area contributed by atoms with Crippen molar-refractivity contribution in [1.82, 2.24) is 38.3 Å². The Morgan fingerprint density at radius 3 is 1.07 bits per heavy atom. The van der Waals surface area contributed by atoms with Crippen LogP contribution >= 0.6 is 115 Å². The fraction of sp³-hybridized carbons (Fsp3) is 0.392. The van der Waals surface area contributed by atoms with E-state index in [0.29, 0.717) is 140 Å². The molecule has 8 heterocycles. The SMILES string of the molecule is CC(C)(C)OC(=O)CC1CNC1.N#Cc1cc(-n2ccc3cc(CCI)ccc32)cc(Cl)c1OCCCl.[C-]#[N+]c1cc(-n2ccc3cc(CCN4CC(CC(=O)OC(C)(C)C)C4)ccc32)cc(Cl)c1OCCCl.[C-]#[N+]c1cc(-n2ccc3cc(CCN4CC(CS(C)(=O)=O)C4)ccc32)cc(Cl)c1OCCCl.[C-]#[N+]c1cc(-n2ccc3cc(CCN4CC(N)C4)ccc32)cc(Cl)c1OCCCl. The third-order valence-corrected chi connectivity index (χ3v) is 26.1. The molecule has 0 spiro atoms. The molecule has 4 saturated heterocycles. The number of halogens is 9. The second-order valence-electron chi connectivity index (χ2n) is 35.7. The van der Waals surface area contributed by atoms with Crippen LogP contribution in [0.5, 0.6) is 23.0 Å². The second kappa shape index (κ2) is 48.9. The number of esters is 2. The van der Waals surface area contributed by atoms with Crippen molar-refractivity contribution in [3.05, 3.63) is 253 Å². The normalized spacial score (nSPS) is 14.3. The molecule has 0 unspecified atom stereocenters. The number of nitrogens with one attached hydrogen (secondary N) is 1. The number of benzene rings is 8. The number of rotatable bonds is 33. The number of hydrogen-bond donors (Lipinski definition) is 2. The number of fused-ring (bicyclic) bond motifs is 4. The lowest BCUT2D eigenvalue weighted by Gasteiger charge is -2.39. The van der Waals surface area contributed by atoms with E-state index in [9.17, 15) is 23.3 Å². The van der Waals surface area contributed by atoms with Gasteiger partial charge in [-0.2, -0.15) is 5.26 Å². The van der Waals surface area contributed by atoms with Crippen molar-refractivity contribution < 1.29 is 46.4 Å². The van der Waals surface area contributed by atoms with Gasteiger partial charge < -0.3 is 67.5 Å². The highest BCUT2D eigenvalue weighted by Crippen LogP contribution is 2.43. The topological polar surface area (TPSA) is 228 Å². The first kappa shape index (κ1) is 105. The third kappa shape index (κ3) is 29.2. The average molecular weight is 2120 g/mol. The average Bonchev–Trinajstić information content (AvgIpc) is 1.68. The first-order valence-corrected chi connectivity index (χ1v) is 51.7. The van der Waals surface area contributed by atoms with Gasteiger partial charge in [-0.1, -0.05) is 93.3 Å². The van der Waals surface area contributed by atoms with Crippen molar-refractivity contribution in [2.45, 2.75) is 97.3 Å². The van der Waals surface area contributed by atoms with Gasteiger partial charge in [-0.3, -0.25) is 14.5 Å². The summed E-state index contributed by atoms with van der Waals surface area (Å²) in [5.74, 6) is 4.06. The van der Waals surface area contributed by atoms with E-state index >= 15 is 0 Å². The molecule has 4 aromatic heterocycles. The summed E-state index contributed by atoms with van der Waals surface area (Å²) < 4.78 is 64.8. The first-order chi connectivity index (χ1) is 64.7. The second-order valence-corrected chi connectivity index (χ2v) is 42.1. The minimum Gasteiger partial charge on any atom is -0.502 e. The summed E-state index contributed by atoms with van der Waals surface area (Å²) in [6, 6.07) is 50.9. The molecule has 0 amide bonds. The van der Waals surface area contributed by atoms with E-state index in [1.165, 1.54) is 33.9 Å². The van der Waals surface area contributed by atoms with Gasteiger partial charge in [-0.15, -0.1) is 46.4 Å². The molecule has 0 saturated carbocycles. The summed E-state index contributed by atoms with van der Waals surface area (Å²) in [5.41, 5.74) is 19.2. The predicted octanol–water partition coefficient (Wildman–Crippen LogP) is 23.0. The molecule has 4 aliphatic heterocycles. The zero-order valence-electron chi connectivity index (χ0n) is 76.5. The monoisotopic (exact) mass is 2120 g/mol. The van der Waals surface area contributed by atoms with Gasteiger partial charge in [-0.25, -0.2) is 23.0 Å². The number of carbonyl (C=O) groups is 2. The van der Waals surface area contributed by atoms with Crippen LogP contribution < -0.4 is 30.0 Å². The number of likely N-dealkylation sites (tertiary alicyclic amines) is 3. The van der Waals surface area contributed by atoms with Gasteiger partial charge >= 0.3 is 11.9 Å². The molecular formula is C102H110Cl8IN13O10S. The zero-order chi connectivity index (χ0) is 96.8. The Labute approximate surface area is 844 Å². The molecule has 4 aliphatic rings. The number of nitrogens with zero attached hydrogens (tertiary/aromatic N) is 11. The van der Waals surface area contributed by atoms with Crippen molar-refractivity contribution in [2.75, 3.05) is 138 Å². The summed E-state index contributed by atoms with van der Waals surface area (Å²) in [5, 5.41) is 18.7. The number of aromatic nitrogens is 4. The summed E-state index contributed by atoms with van der Waals surface area (Å²) in [6.07, 6.45) is 14.2. The van der Waals surface area contributed by atoms with Crippen LogP contribution in [0.1, 0.15) is 82.2 Å². The quantitative estimate of drug-likeness (QED) is 0.0169. The number of nitrogens with two attached hydrogens (primary N) is 1. The molecule has 0 radical (unpaired) electrons. The molecule has 0 aliphatic carbocycles. The lowest BCUT2D eigenvalue weighted by atomic mass is 9.95. The highest BCUT2D eigenvalue weighted by Gasteiger charge is 2.33. The smallest absolute Gasteiger partial charge is 0.306 e. The standard InChI is InChI=1S/C28H31Cl2N3O3.C24H25Cl2N3O3S.C22H22Cl2N4O.C19H15Cl2IN2O.C9H17NO2/c1-28(2,3)36-26(34)14-20-17-32(18-20)10-7-19-5-6-25-21(13-19)8-11-33(25)22-15-23(30)27(35-12-9-29)24(16-22)31-4;1-27-22-13-20(12-21(26)24(22)32-10-7-25)29-9-6-19-11-17(3-4-23(19)29)5-8-28-14-18(15-28)16-33(2,30)31;1-26-20-12-18(11-19(24)22(20)29-9-6-23)28-8-5-16-10-15(2-3-21(16)28)4-7-27-13-17(25)14-27;20-5-8-25-19-15(12-23)10-16(11-17(19)21)24-7-4-14-9-13(3-6-22)1-2-18(14)24;1-9(2,3)12-8(11)4-7-5-10-6-7/h5-6,8,11,13,15-16,20H,7,9-10,12,14,17-18H2,1-3H3;3-4,6,9,11-13,18H,5,7-8,10,14-16H2,2H3;2-3,5,8,10-12,17H,4,6-7,9,13-14,25H2;1-2,4,7,9-11H,3,5-6,8H2;7,10H,4-6H2,1-3H3. The van der Waals surface area contributed by atoms with Crippen LogP contribution in [-0.4, -0.2) is 209 Å². The summed E-state index contributed by atoms with van der Waals surface area (Å²) in [6.45, 7) is 45.5. The molecule has 712 valence electrons. The maximum atomic E-state index is 12.0. The van der Waals surface area contributed by atoms with Gasteiger partial charge in [0.15, 0.2) is 5.75 Å². The number of aryl methyl sites for hydroxylation is 1. The fourth-order valence-corrected chi connectivity index (χ4v) is 19.5. The maximum Gasteiger partial charge on any atom is 0.306 e. The number of ether oxygens (including phenoxy) is 6. The van der Waals surface area contributed by atoms with E-state index in [-0.39, 0.29) is 35.8 Å². The van der Waals surface area contributed by atoms with Crippen molar-refractivity contribution in [3.8, 4) is 51.8 Å². The van der Waals surface area contributed by atoms with E-state index in [1.54, 1.807) is 30.3 Å². The Morgan fingerprint density at radius 1 is 0.459 bits per heavy atom. The van der Waals surface area contributed by atoms with Crippen molar-refractivity contribution in [2.24, 2.45) is 23.5 Å². The van der Waals surface area contributed by atoms with Gasteiger partial charge in [-0.05, 0) is 242 Å². The van der Waals surface area contributed by atoms with Gasteiger partial charge in [0.1, 0.15) is 51.0 Å².